The van der Waals surface area contributed by atoms with Crippen molar-refractivity contribution in [2.75, 3.05) is 24.5 Å². The van der Waals surface area contributed by atoms with E-state index < -0.39 is 0 Å². The fourth-order valence-corrected chi connectivity index (χ4v) is 4.95. The zero-order valence-electron chi connectivity index (χ0n) is 23.2. The molecular weight excluding hydrogens is 481 g/mol. The number of hydrogen-bond acceptors (Lipinski definition) is 6. The van der Waals surface area contributed by atoms with E-state index in [1.165, 1.54) is 11.6 Å². The van der Waals surface area contributed by atoms with Crippen molar-refractivity contribution in [2.24, 2.45) is 5.73 Å². The van der Waals surface area contributed by atoms with Gasteiger partial charge in [-0.2, -0.15) is 0 Å². The van der Waals surface area contributed by atoms with Crippen LogP contribution in [0.1, 0.15) is 56.0 Å². The number of carbonyl (C=O) groups excluding carboxylic acids is 1. The smallest absolute Gasteiger partial charge is 0.231 e. The Morgan fingerprint density at radius 3 is 2.53 bits per heavy atom. The lowest BCUT2D eigenvalue weighted by Crippen LogP contribution is -2.58. The van der Waals surface area contributed by atoms with E-state index in [0.29, 0.717) is 30.4 Å². The minimum absolute atomic E-state index is 0.0399. The van der Waals surface area contributed by atoms with Crippen molar-refractivity contribution < 1.29 is 13.9 Å². The molecule has 3 aromatic rings. The Balaban J connectivity index is 1.74. The van der Waals surface area contributed by atoms with E-state index in [1.54, 1.807) is 18.2 Å². The highest BCUT2D eigenvalue weighted by Gasteiger charge is 2.33. The third kappa shape index (κ3) is 5.96. The van der Waals surface area contributed by atoms with E-state index in [0.717, 1.165) is 28.4 Å². The number of rotatable bonds is 8. The van der Waals surface area contributed by atoms with Gasteiger partial charge in [-0.05, 0) is 62.9 Å². The summed E-state index contributed by atoms with van der Waals surface area (Å²) in [5.74, 6) is 1.58. The standard InChI is InChI=1S/C30H38FN5O2/c1-18(2)23-12-11-19(3)27(13-23)38-17-25-22(6)33-29(24-9-7-8-10-26(24)31)34-30(25)36-15-20(4)35(14-21(36)5)16-28(32)37/h7-13,18,20-21H,14-17H2,1-6H3,(H2,32,37). The molecule has 1 aromatic heterocycles. The van der Waals surface area contributed by atoms with E-state index in [1.807, 2.05) is 13.8 Å². The second-order valence-corrected chi connectivity index (χ2v) is 10.6. The molecule has 1 amide bonds. The molecule has 2 N–H and O–H groups in total. The Hall–Kier alpha value is -3.52. The predicted molar refractivity (Wildman–Crippen MR) is 149 cm³/mol. The number of carbonyl (C=O) groups is 1. The van der Waals surface area contributed by atoms with Crippen LogP contribution in [0.25, 0.3) is 11.4 Å². The number of nitrogens with two attached hydrogens (primary N) is 1. The summed E-state index contributed by atoms with van der Waals surface area (Å²) in [6.45, 7) is 14.2. The molecule has 0 aliphatic carbocycles. The Kier molecular flexibility index (Phi) is 8.31. The van der Waals surface area contributed by atoms with Crippen molar-refractivity contribution in [3.8, 4) is 17.1 Å². The number of piperazine rings is 1. The summed E-state index contributed by atoms with van der Waals surface area (Å²) in [5.41, 5.74) is 9.72. The van der Waals surface area contributed by atoms with E-state index in [4.69, 9.17) is 20.4 Å². The molecule has 8 heteroatoms. The first kappa shape index (κ1) is 27.5. The molecule has 2 heterocycles. The van der Waals surface area contributed by atoms with Crippen molar-refractivity contribution in [1.29, 1.82) is 0 Å². The second kappa shape index (κ2) is 11.5. The zero-order chi connectivity index (χ0) is 27.6. The topological polar surface area (TPSA) is 84.6 Å². The minimum atomic E-state index is -0.365. The van der Waals surface area contributed by atoms with Gasteiger partial charge in [-0.1, -0.05) is 38.1 Å². The van der Waals surface area contributed by atoms with Gasteiger partial charge in [0.15, 0.2) is 5.82 Å². The lowest BCUT2D eigenvalue weighted by molar-refractivity contribution is -0.119. The van der Waals surface area contributed by atoms with Crippen LogP contribution >= 0.6 is 0 Å². The van der Waals surface area contributed by atoms with E-state index in [9.17, 15) is 9.18 Å². The molecule has 0 bridgehead atoms. The van der Waals surface area contributed by atoms with Crippen LogP contribution in [0.2, 0.25) is 0 Å². The molecule has 0 spiro atoms. The van der Waals surface area contributed by atoms with E-state index in [-0.39, 0.29) is 37.0 Å². The molecule has 1 saturated heterocycles. The summed E-state index contributed by atoms with van der Waals surface area (Å²) in [4.78, 5) is 25.6. The quantitative estimate of drug-likeness (QED) is 0.452. The third-order valence-corrected chi connectivity index (χ3v) is 7.30. The zero-order valence-corrected chi connectivity index (χ0v) is 23.2. The van der Waals surface area contributed by atoms with E-state index in [2.05, 4.69) is 55.7 Å². The van der Waals surface area contributed by atoms with Gasteiger partial charge >= 0.3 is 0 Å². The molecule has 1 aliphatic heterocycles. The molecule has 2 unspecified atom stereocenters. The Morgan fingerprint density at radius 1 is 1.11 bits per heavy atom. The number of ether oxygens (including phenoxy) is 1. The number of anilines is 1. The van der Waals surface area contributed by atoms with Crippen LogP contribution in [-0.4, -0.2) is 52.5 Å². The number of hydrogen-bond donors (Lipinski definition) is 1. The fourth-order valence-electron chi connectivity index (χ4n) is 4.95. The highest BCUT2D eigenvalue weighted by atomic mass is 19.1. The SMILES string of the molecule is Cc1ccc(C(C)C)cc1OCc1c(C)nc(-c2ccccc2F)nc1N1CC(C)N(CC(N)=O)CC1C. The average Bonchev–Trinajstić information content (AvgIpc) is 2.85. The minimum Gasteiger partial charge on any atom is -0.488 e. The number of aromatic nitrogens is 2. The first-order valence-corrected chi connectivity index (χ1v) is 13.2. The average molecular weight is 520 g/mol. The molecular formula is C30H38FN5O2. The van der Waals surface area contributed by atoms with Gasteiger partial charge in [0.2, 0.25) is 5.91 Å². The van der Waals surface area contributed by atoms with Gasteiger partial charge in [0, 0.05) is 25.2 Å². The van der Waals surface area contributed by atoms with Crippen LogP contribution in [0.4, 0.5) is 10.2 Å². The first-order valence-electron chi connectivity index (χ1n) is 13.2. The summed E-state index contributed by atoms with van der Waals surface area (Å²) < 4.78 is 21.1. The van der Waals surface area contributed by atoms with Crippen LogP contribution in [0.15, 0.2) is 42.5 Å². The number of amides is 1. The number of aryl methyl sites for hydroxylation is 2. The van der Waals surface area contributed by atoms with Crippen molar-refractivity contribution in [1.82, 2.24) is 14.9 Å². The number of nitrogens with zero attached hydrogens (tertiary/aromatic N) is 4. The lowest BCUT2D eigenvalue weighted by atomic mass is 10.0. The molecule has 38 heavy (non-hydrogen) atoms. The Morgan fingerprint density at radius 2 is 1.84 bits per heavy atom. The van der Waals surface area contributed by atoms with Crippen LogP contribution < -0.4 is 15.4 Å². The van der Waals surface area contributed by atoms with Crippen molar-refractivity contribution >= 4 is 11.7 Å². The molecule has 1 fully saturated rings. The summed E-state index contributed by atoms with van der Waals surface area (Å²) in [6, 6.07) is 13.0. The largest absolute Gasteiger partial charge is 0.488 e. The van der Waals surface area contributed by atoms with Gasteiger partial charge < -0.3 is 15.4 Å². The molecule has 2 atom stereocenters. The number of halogens is 1. The summed E-state index contributed by atoms with van der Waals surface area (Å²) in [7, 11) is 0. The van der Waals surface area contributed by atoms with Crippen molar-refractivity contribution in [2.45, 2.75) is 66.2 Å². The second-order valence-electron chi connectivity index (χ2n) is 10.6. The number of benzene rings is 2. The fraction of sp³-hybridized carbons (Fsp3) is 0.433. The maximum atomic E-state index is 14.7. The number of primary amides is 1. The molecule has 0 saturated carbocycles. The van der Waals surface area contributed by atoms with Gasteiger partial charge in [0.25, 0.3) is 0 Å². The van der Waals surface area contributed by atoms with E-state index >= 15 is 0 Å². The summed E-state index contributed by atoms with van der Waals surface area (Å²) in [6.07, 6.45) is 0. The van der Waals surface area contributed by atoms with Crippen LogP contribution in [0.3, 0.4) is 0 Å². The highest BCUT2D eigenvalue weighted by molar-refractivity contribution is 5.76. The molecule has 0 radical (unpaired) electrons. The lowest BCUT2D eigenvalue weighted by Gasteiger charge is -2.45. The predicted octanol–water partition coefficient (Wildman–Crippen LogP) is 4.99. The van der Waals surface area contributed by atoms with Gasteiger partial charge in [0.1, 0.15) is 24.0 Å². The maximum absolute atomic E-state index is 14.7. The Bertz CT molecular complexity index is 1310. The van der Waals surface area contributed by atoms with Crippen LogP contribution in [0, 0.1) is 19.7 Å². The molecule has 4 rings (SSSR count). The van der Waals surface area contributed by atoms with Gasteiger partial charge in [-0.25, -0.2) is 14.4 Å². The third-order valence-electron chi connectivity index (χ3n) is 7.30. The molecule has 7 nitrogen and oxygen atoms in total. The van der Waals surface area contributed by atoms with Gasteiger partial charge in [0.05, 0.1) is 23.4 Å². The molecule has 2 aromatic carbocycles. The normalized spacial score (nSPS) is 18.2. The van der Waals surface area contributed by atoms with Crippen molar-refractivity contribution in [3.63, 3.8) is 0 Å². The van der Waals surface area contributed by atoms with Crippen LogP contribution in [-0.2, 0) is 11.4 Å². The molecule has 1 aliphatic rings. The summed E-state index contributed by atoms with van der Waals surface area (Å²) >= 11 is 0. The summed E-state index contributed by atoms with van der Waals surface area (Å²) in [5, 5.41) is 0. The van der Waals surface area contributed by atoms with Crippen LogP contribution in [0.5, 0.6) is 5.75 Å². The van der Waals surface area contributed by atoms with Gasteiger partial charge in [-0.3, -0.25) is 9.69 Å². The maximum Gasteiger partial charge on any atom is 0.231 e. The highest BCUT2D eigenvalue weighted by Crippen LogP contribution is 2.32. The Labute approximate surface area is 224 Å². The monoisotopic (exact) mass is 519 g/mol. The molecule has 202 valence electrons. The van der Waals surface area contributed by atoms with Gasteiger partial charge in [-0.15, -0.1) is 0 Å². The first-order chi connectivity index (χ1) is 18.0. The van der Waals surface area contributed by atoms with Crippen molar-refractivity contribution in [3.05, 3.63) is 70.7 Å².